The van der Waals surface area contributed by atoms with Crippen molar-refractivity contribution in [1.82, 2.24) is 9.55 Å². The molecule has 1 heterocycles. The maximum absolute atomic E-state index is 14.3. The van der Waals surface area contributed by atoms with Crippen molar-refractivity contribution in [2.75, 3.05) is 0 Å². The number of benzene rings is 1. The first-order valence-electron chi connectivity index (χ1n) is 8.44. The second-order valence-electron chi connectivity index (χ2n) is 6.39. The van der Waals surface area contributed by atoms with E-state index in [-0.39, 0.29) is 21.6 Å². The summed E-state index contributed by atoms with van der Waals surface area (Å²) < 4.78 is 15.6. The number of nitrogens with zero attached hydrogens (tertiary/aromatic N) is 2. The van der Waals surface area contributed by atoms with E-state index in [1.54, 1.807) is 4.57 Å². The van der Waals surface area contributed by atoms with Gasteiger partial charge in [-0.2, -0.15) is 4.39 Å². The SMILES string of the molecule is C=C=CC1(SC(=O)c2c(F)ncn2[C@H](C)c2ccccc2)CCCC1. The van der Waals surface area contributed by atoms with Crippen molar-refractivity contribution >= 4 is 16.9 Å². The van der Waals surface area contributed by atoms with Crippen LogP contribution in [-0.2, 0) is 0 Å². The van der Waals surface area contributed by atoms with Crippen molar-refractivity contribution in [3.05, 3.63) is 72.3 Å². The maximum Gasteiger partial charge on any atom is 0.242 e. The van der Waals surface area contributed by atoms with Crippen LogP contribution in [0.5, 0.6) is 0 Å². The number of carbonyl (C=O) groups excluding carboxylic acids is 1. The Morgan fingerprint density at radius 1 is 1.40 bits per heavy atom. The first kappa shape index (κ1) is 17.7. The van der Waals surface area contributed by atoms with E-state index < -0.39 is 5.95 Å². The fraction of sp³-hybridized carbons (Fsp3) is 0.350. The van der Waals surface area contributed by atoms with E-state index in [9.17, 15) is 9.18 Å². The Kier molecular flexibility index (Phi) is 5.26. The molecule has 25 heavy (non-hydrogen) atoms. The summed E-state index contributed by atoms with van der Waals surface area (Å²) in [7, 11) is 0. The quantitative estimate of drug-likeness (QED) is 0.694. The number of rotatable bonds is 5. The molecule has 1 aromatic carbocycles. The number of halogens is 1. The zero-order valence-corrected chi connectivity index (χ0v) is 15.1. The van der Waals surface area contributed by atoms with Crippen LogP contribution in [0.4, 0.5) is 4.39 Å². The molecule has 1 aliphatic rings. The topological polar surface area (TPSA) is 34.9 Å². The lowest BCUT2D eigenvalue weighted by atomic mass is 10.1. The number of imidazole rings is 1. The summed E-state index contributed by atoms with van der Waals surface area (Å²) in [6.07, 6.45) is 7.15. The van der Waals surface area contributed by atoms with Crippen molar-refractivity contribution < 1.29 is 9.18 Å². The molecule has 2 aromatic rings. The van der Waals surface area contributed by atoms with E-state index in [1.807, 2.05) is 43.3 Å². The molecule has 0 radical (unpaired) electrons. The van der Waals surface area contributed by atoms with E-state index >= 15 is 0 Å². The Bertz CT molecular complexity index is 802. The second-order valence-corrected chi connectivity index (χ2v) is 7.78. The highest BCUT2D eigenvalue weighted by Gasteiger charge is 2.37. The monoisotopic (exact) mass is 356 g/mol. The highest BCUT2D eigenvalue weighted by Crippen LogP contribution is 2.44. The van der Waals surface area contributed by atoms with Gasteiger partial charge < -0.3 is 4.57 Å². The van der Waals surface area contributed by atoms with Crippen LogP contribution in [0.15, 0.2) is 55.0 Å². The van der Waals surface area contributed by atoms with Crippen molar-refractivity contribution in [1.29, 1.82) is 0 Å². The van der Waals surface area contributed by atoms with Gasteiger partial charge in [-0.05, 0) is 31.4 Å². The third-order valence-electron chi connectivity index (χ3n) is 4.75. The average Bonchev–Trinajstić information content (AvgIpc) is 3.22. The first-order chi connectivity index (χ1) is 12.1. The molecular formula is C20H21FN2OS. The van der Waals surface area contributed by atoms with Crippen LogP contribution in [0.25, 0.3) is 0 Å². The second kappa shape index (κ2) is 7.42. The molecule has 0 amide bonds. The number of hydrogen-bond acceptors (Lipinski definition) is 3. The fourth-order valence-corrected chi connectivity index (χ4v) is 4.67. The third-order valence-corrected chi connectivity index (χ3v) is 6.06. The van der Waals surface area contributed by atoms with E-state index in [4.69, 9.17) is 0 Å². The van der Waals surface area contributed by atoms with Gasteiger partial charge in [-0.3, -0.25) is 4.79 Å². The van der Waals surface area contributed by atoms with Gasteiger partial charge in [0.15, 0.2) is 5.69 Å². The molecule has 3 nitrogen and oxygen atoms in total. The van der Waals surface area contributed by atoms with Crippen molar-refractivity contribution in [3.63, 3.8) is 0 Å². The summed E-state index contributed by atoms with van der Waals surface area (Å²) in [5, 5.41) is -0.286. The van der Waals surface area contributed by atoms with Gasteiger partial charge in [0.2, 0.25) is 11.1 Å². The molecule has 0 N–H and O–H groups in total. The number of hydrogen-bond donors (Lipinski definition) is 0. The van der Waals surface area contributed by atoms with E-state index in [0.29, 0.717) is 0 Å². The number of carbonyl (C=O) groups is 1. The minimum atomic E-state index is -0.712. The Morgan fingerprint density at radius 2 is 2.08 bits per heavy atom. The molecular weight excluding hydrogens is 335 g/mol. The summed E-state index contributed by atoms with van der Waals surface area (Å²) in [6.45, 7) is 5.58. The largest absolute Gasteiger partial charge is 0.318 e. The first-order valence-corrected chi connectivity index (χ1v) is 9.25. The normalized spacial score (nSPS) is 17.0. The zero-order chi connectivity index (χ0) is 17.9. The minimum absolute atomic E-state index is 0.0325. The molecule has 0 unspecified atom stereocenters. The van der Waals surface area contributed by atoms with Crippen LogP contribution in [0.1, 0.15) is 54.7 Å². The van der Waals surface area contributed by atoms with Crippen molar-refractivity contribution in [2.45, 2.75) is 43.4 Å². The van der Waals surface area contributed by atoms with Gasteiger partial charge in [0.05, 0.1) is 12.4 Å². The Labute approximate surface area is 151 Å². The lowest BCUT2D eigenvalue weighted by molar-refractivity contribution is 0.107. The third kappa shape index (κ3) is 3.63. The summed E-state index contributed by atoms with van der Waals surface area (Å²) in [5.74, 6) is -0.712. The average molecular weight is 356 g/mol. The molecule has 0 bridgehead atoms. The van der Waals surface area contributed by atoms with Gasteiger partial charge in [-0.25, -0.2) is 4.98 Å². The summed E-state index contributed by atoms with van der Waals surface area (Å²) in [5.41, 5.74) is 3.85. The van der Waals surface area contributed by atoms with Crippen LogP contribution in [0.2, 0.25) is 0 Å². The Balaban J connectivity index is 1.91. The molecule has 1 aromatic heterocycles. The van der Waals surface area contributed by atoms with Gasteiger partial charge in [-0.1, -0.05) is 61.5 Å². The maximum atomic E-state index is 14.3. The molecule has 5 heteroatoms. The summed E-state index contributed by atoms with van der Waals surface area (Å²) in [6, 6.07) is 9.53. The van der Waals surface area contributed by atoms with Crippen LogP contribution in [0, 0.1) is 5.95 Å². The lowest BCUT2D eigenvalue weighted by Crippen LogP contribution is -2.21. The molecule has 3 rings (SSSR count). The predicted octanol–water partition coefficient (Wildman–Crippen LogP) is 5.16. The van der Waals surface area contributed by atoms with Crippen LogP contribution >= 0.6 is 11.8 Å². The number of aromatic nitrogens is 2. The molecule has 0 saturated heterocycles. The molecule has 130 valence electrons. The smallest absolute Gasteiger partial charge is 0.242 e. The summed E-state index contributed by atoms with van der Waals surface area (Å²) >= 11 is 1.18. The lowest BCUT2D eigenvalue weighted by Gasteiger charge is -2.23. The van der Waals surface area contributed by atoms with Gasteiger partial charge >= 0.3 is 0 Å². The summed E-state index contributed by atoms with van der Waals surface area (Å²) in [4.78, 5) is 16.7. The Morgan fingerprint density at radius 3 is 2.72 bits per heavy atom. The molecule has 1 aliphatic carbocycles. The predicted molar refractivity (Wildman–Crippen MR) is 99.3 cm³/mol. The molecule has 1 saturated carbocycles. The standard InChI is InChI=1S/C20H21FN2OS/c1-3-11-20(12-7-8-13-20)25-19(24)17-18(21)22-14-23(17)15(2)16-9-5-4-6-10-16/h4-6,9-11,14-15H,1,7-8,12-13H2,2H3/t15-/m1/s1. The van der Waals surface area contributed by atoms with E-state index in [2.05, 4.69) is 17.3 Å². The number of thioether (sulfide) groups is 1. The van der Waals surface area contributed by atoms with E-state index in [1.165, 1.54) is 18.1 Å². The zero-order valence-electron chi connectivity index (χ0n) is 14.2. The molecule has 1 atom stereocenters. The van der Waals surface area contributed by atoms with Gasteiger partial charge in [0, 0.05) is 4.75 Å². The molecule has 0 spiro atoms. The van der Waals surface area contributed by atoms with Gasteiger partial charge in [0.1, 0.15) is 0 Å². The Hall–Kier alpha value is -2.10. The van der Waals surface area contributed by atoms with Crippen molar-refractivity contribution in [2.24, 2.45) is 0 Å². The highest BCUT2D eigenvalue weighted by molar-refractivity contribution is 8.15. The van der Waals surface area contributed by atoms with Crippen LogP contribution < -0.4 is 0 Å². The molecule has 1 fully saturated rings. The minimum Gasteiger partial charge on any atom is -0.318 e. The molecule has 0 aliphatic heterocycles. The van der Waals surface area contributed by atoms with E-state index in [0.717, 1.165) is 31.2 Å². The van der Waals surface area contributed by atoms with Gasteiger partial charge in [-0.15, -0.1) is 5.73 Å². The highest BCUT2D eigenvalue weighted by atomic mass is 32.2. The fourth-order valence-electron chi connectivity index (χ4n) is 3.38. The van der Waals surface area contributed by atoms with Gasteiger partial charge in [0.25, 0.3) is 0 Å². The van der Waals surface area contributed by atoms with Crippen molar-refractivity contribution in [3.8, 4) is 0 Å². The van der Waals surface area contributed by atoms with Crippen LogP contribution in [-0.4, -0.2) is 19.4 Å². The van der Waals surface area contributed by atoms with Crippen LogP contribution in [0.3, 0.4) is 0 Å².